The van der Waals surface area contributed by atoms with Crippen molar-refractivity contribution in [2.75, 3.05) is 13.1 Å². The van der Waals surface area contributed by atoms with E-state index in [1.165, 1.54) is 11.1 Å². The van der Waals surface area contributed by atoms with Crippen molar-refractivity contribution >= 4 is 10.9 Å². The van der Waals surface area contributed by atoms with Crippen molar-refractivity contribution in [2.24, 2.45) is 0 Å². The van der Waals surface area contributed by atoms with Crippen LogP contribution < -0.4 is 5.32 Å². The van der Waals surface area contributed by atoms with Crippen LogP contribution in [0.25, 0.3) is 10.9 Å². The fourth-order valence-electron chi connectivity index (χ4n) is 3.67. The van der Waals surface area contributed by atoms with Gasteiger partial charge in [-0.25, -0.2) is 0 Å². The molecule has 1 aromatic heterocycles. The second kappa shape index (κ2) is 5.84. The first-order chi connectivity index (χ1) is 11.3. The molecule has 0 bridgehead atoms. The van der Waals surface area contributed by atoms with Crippen LogP contribution in [0.15, 0.2) is 60.8 Å². The van der Waals surface area contributed by atoms with Gasteiger partial charge in [-0.15, -0.1) is 0 Å². The third-order valence-electron chi connectivity index (χ3n) is 4.87. The van der Waals surface area contributed by atoms with Gasteiger partial charge in [0.1, 0.15) is 5.60 Å². The monoisotopic (exact) mass is 306 g/mol. The van der Waals surface area contributed by atoms with Gasteiger partial charge >= 0.3 is 0 Å². The molecule has 1 fully saturated rings. The van der Waals surface area contributed by atoms with Crippen LogP contribution in [-0.2, 0) is 12.1 Å². The lowest BCUT2D eigenvalue weighted by Gasteiger charge is -2.33. The number of benzene rings is 2. The van der Waals surface area contributed by atoms with Crippen molar-refractivity contribution in [2.45, 2.75) is 25.0 Å². The van der Waals surface area contributed by atoms with Gasteiger partial charge in [0.05, 0.1) is 0 Å². The van der Waals surface area contributed by atoms with Crippen molar-refractivity contribution in [1.82, 2.24) is 9.88 Å². The molecule has 1 unspecified atom stereocenters. The molecule has 0 amide bonds. The van der Waals surface area contributed by atoms with Crippen LogP contribution >= 0.6 is 0 Å². The molecule has 3 aromatic rings. The smallest absolute Gasteiger partial charge is 0.103 e. The van der Waals surface area contributed by atoms with E-state index in [0.29, 0.717) is 6.54 Å². The third-order valence-corrected chi connectivity index (χ3v) is 4.87. The predicted octanol–water partition coefficient (Wildman–Crippen LogP) is 3.26. The molecule has 3 nitrogen and oxygen atoms in total. The van der Waals surface area contributed by atoms with Crippen LogP contribution in [0.1, 0.15) is 24.0 Å². The Hall–Kier alpha value is -2.10. The van der Waals surface area contributed by atoms with Crippen molar-refractivity contribution in [3.63, 3.8) is 0 Å². The maximum Gasteiger partial charge on any atom is 0.103 e. The molecule has 2 N–H and O–H groups in total. The zero-order valence-electron chi connectivity index (χ0n) is 13.2. The first-order valence-electron chi connectivity index (χ1n) is 8.32. The Morgan fingerprint density at radius 3 is 2.70 bits per heavy atom. The Labute approximate surface area is 136 Å². The van der Waals surface area contributed by atoms with E-state index in [1.54, 1.807) is 0 Å². The number of hydrogen-bond acceptors (Lipinski definition) is 2. The first-order valence-corrected chi connectivity index (χ1v) is 8.32. The summed E-state index contributed by atoms with van der Waals surface area (Å²) in [5.41, 5.74) is 2.77. The van der Waals surface area contributed by atoms with Crippen LogP contribution in [0.5, 0.6) is 0 Å². The summed E-state index contributed by atoms with van der Waals surface area (Å²) in [6.07, 6.45) is 3.96. The first kappa shape index (κ1) is 14.5. The van der Waals surface area contributed by atoms with Gasteiger partial charge in [-0.3, -0.25) is 0 Å². The molecule has 3 heteroatoms. The number of rotatable bonds is 3. The molecule has 1 aliphatic rings. The van der Waals surface area contributed by atoms with Crippen LogP contribution in [0.4, 0.5) is 0 Å². The molecule has 0 radical (unpaired) electrons. The topological polar surface area (TPSA) is 37.2 Å². The van der Waals surface area contributed by atoms with Gasteiger partial charge in [0.2, 0.25) is 0 Å². The lowest BCUT2D eigenvalue weighted by Crippen LogP contribution is -2.43. The van der Waals surface area contributed by atoms with E-state index in [4.69, 9.17) is 0 Å². The zero-order chi connectivity index (χ0) is 15.7. The molecule has 0 spiro atoms. The maximum atomic E-state index is 11.1. The van der Waals surface area contributed by atoms with Gasteiger partial charge in [0.15, 0.2) is 0 Å². The van der Waals surface area contributed by atoms with E-state index in [9.17, 15) is 5.11 Å². The molecule has 1 atom stereocenters. The summed E-state index contributed by atoms with van der Waals surface area (Å²) in [5, 5.41) is 15.6. The van der Waals surface area contributed by atoms with E-state index in [1.807, 2.05) is 6.07 Å². The zero-order valence-corrected chi connectivity index (χ0v) is 13.2. The highest BCUT2D eigenvalue weighted by atomic mass is 16.3. The van der Waals surface area contributed by atoms with Crippen LogP contribution in [0, 0.1) is 0 Å². The highest BCUT2D eigenvalue weighted by Crippen LogP contribution is 2.34. The normalized spacial score (nSPS) is 21.6. The summed E-state index contributed by atoms with van der Waals surface area (Å²) < 4.78 is 2.26. The minimum absolute atomic E-state index is 0.635. The number of piperidine rings is 1. The average Bonchev–Trinajstić information content (AvgIpc) is 2.99. The maximum absolute atomic E-state index is 11.1. The summed E-state index contributed by atoms with van der Waals surface area (Å²) in [6.45, 7) is 2.48. The van der Waals surface area contributed by atoms with Crippen LogP contribution in [-0.4, -0.2) is 22.8 Å². The second-order valence-corrected chi connectivity index (χ2v) is 6.48. The summed E-state index contributed by atoms with van der Waals surface area (Å²) in [4.78, 5) is 0. The second-order valence-electron chi connectivity index (χ2n) is 6.48. The molecule has 1 saturated heterocycles. The standard InChI is InChI=1S/C20H22N2O/c23-20(11-5-12-21-15-20)18-8-4-9-19-17(18)10-13-22(19)14-16-6-2-1-3-7-16/h1-4,6-10,13,21,23H,5,11-12,14-15H2. The highest BCUT2D eigenvalue weighted by molar-refractivity contribution is 5.84. The lowest BCUT2D eigenvalue weighted by atomic mass is 9.85. The van der Waals surface area contributed by atoms with Crippen LogP contribution in [0.2, 0.25) is 0 Å². The fourth-order valence-corrected chi connectivity index (χ4v) is 3.67. The van der Waals surface area contributed by atoms with Crippen molar-refractivity contribution < 1.29 is 5.11 Å². The van der Waals surface area contributed by atoms with E-state index in [-0.39, 0.29) is 0 Å². The van der Waals surface area contributed by atoms with E-state index < -0.39 is 5.60 Å². The van der Waals surface area contributed by atoms with E-state index in [0.717, 1.165) is 36.9 Å². The molecule has 118 valence electrons. The SMILES string of the molecule is OC1(c2cccc3c2ccn3Cc2ccccc2)CCCNC1. The van der Waals surface area contributed by atoms with Gasteiger partial charge in [-0.1, -0.05) is 42.5 Å². The molecule has 23 heavy (non-hydrogen) atoms. The largest absolute Gasteiger partial charge is 0.384 e. The number of β-amino-alcohol motifs (C(OH)–C–C–N with tert-alkyl or cyclic N) is 1. The van der Waals surface area contributed by atoms with E-state index in [2.05, 4.69) is 64.6 Å². The quantitative estimate of drug-likeness (QED) is 0.779. The Morgan fingerprint density at radius 2 is 1.91 bits per heavy atom. The number of hydrogen-bond donors (Lipinski definition) is 2. The summed E-state index contributed by atoms with van der Waals surface area (Å²) in [5.74, 6) is 0. The van der Waals surface area contributed by atoms with Crippen molar-refractivity contribution in [1.29, 1.82) is 0 Å². The van der Waals surface area contributed by atoms with Gasteiger partial charge in [0, 0.05) is 30.2 Å². The minimum Gasteiger partial charge on any atom is -0.384 e. The van der Waals surface area contributed by atoms with E-state index >= 15 is 0 Å². The van der Waals surface area contributed by atoms with Gasteiger partial charge in [-0.05, 0) is 42.6 Å². The molecular weight excluding hydrogens is 284 g/mol. The Balaban J connectivity index is 1.75. The average molecular weight is 306 g/mol. The van der Waals surface area contributed by atoms with Crippen molar-refractivity contribution in [3.8, 4) is 0 Å². The summed E-state index contributed by atoms with van der Waals surface area (Å²) in [7, 11) is 0. The van der Waals surface area contributed by atoms with Crippen molar-refractivity contribution in [3.05, 3.63) is 71.9 Å². The van der Waals surface area contributed by atoms with Gasteiger partial charge in [0.25, 0.3) is 0 Å². The molecule has 2 aromatic carbocycles. The minimum atomic E-state index is -0.753. The predicted molar refractivity (Wildman–Crippen MR) is 93.5 cm³/mol. The molecule has 0 saturated carbocycles. The summed E-state index contributed by atoms with van der Waals surface area (Å²) >= 11 is 0. The molecule has 1 aliphatic heterocycles. The number of nitrogens with one attached hydrogen (secondary N) is 1. The van der Waals surface area contributed by atoms with Crippen LogP contribution in [0.3, 0.4) is 0 Å². The third kappa shape index (κ3) is 2.67. The Morgan fingerprint density at radius 1 is 1.04 bits per heavy atom. The van der Waals surface area contributed by atoms with Gasteiger partial charge < -0.3 is 15.0 Å². The Bertz CT molecular complexity index is 801. The molecule has 0 aliphatic carbocycles. The molecular formula is C20H22N2O. The number of fused-ring (bicyclic) bond motifs is 1. The fraction of sp³-hybridized carbons (Fsp3) is 0.300. The Kier molecular flexibility index (Phi) is 3.68. The van der Waals surface area contributed by atoms with Gasteiger partial charge in [-0.2, -0.15) is 0 Å². The lowest BCUT2D eigenvalue weighted by molar-refractivity contribution is 0.0137. The summed E-state index contributed by atoms with van der Waals surface area (Å²) in [6, 6.07) is 18.9. The number of aliphatic hydroxyl groups is 1. The number of nitrogens with zero attached hydrogens (tertiary/aromatic N) is 1. The highest BCUT2D eigenvalue weighted by Gasteiger charge is 2.32. The molecule has 2 heterocycles. The molecule has 4 rings (SSSR count). The number of aromatic nitrogens is 1.